The lowest BCUT2D eigenvalue weighted by atomic mass is 10.1. The predicted octanol–water partition coefficient (Wildman–Crippen LogP) is 5.55. The Labute approximate surface area is 123 Å². The van der Waals surface area contributed by atoms with Gasteiger partial charge >= 0.3 is 0 Å². The molecule has 0 heterocycles. The van der Waals surface area contributed by atoms with E-state index in [0.29, 0.717) is 15.2 Å². The van der Waals surface area contributed by atoms with Crippen molar-refractivity contribution in [2.45, 2.75) is 13.0 Å². The molecule has 0 amide bonds. The molecule has 0 aliphatic rings. The fraction of sp³-hybridized carbons (Fsp3) is 0.143. The normalized spacial score (nSPS) is 12.3. The number of rotatable bonds is 3. The smallest absolute Gasteiger partial charge is 0.139 e. The molecule has 0 aliphatic carbocycles. The van der Waals surface area contributed by atoms with Crippen molar-refractivity contribution in [2.24, 2.45) is 0 Å². The molecule has 0 spiro atoms. The third kappa shape index (κ3) is 3.45. The van der Waals surface area contributed by atoms with E-state index < -0.39 is 0 Å². The molecule has 0 saturated heterocycles. The number of hydrogen-bond acceptors (Lipinski definition) is 1. The molecule has 1 unspecified atom stereocenters. The summed E-state index contributed by atoms with van der Waals surface area (Å²) in [6.45, 7) is 1.87. The second kappa shape index (κ2) is 5.88. The molecular formula is C14H11BrClF2N. The Morgan fingerprint density at radius 1 is 1.16 bits per heavy atom. The third-order valence-corrected chi connectivity index (χ3v) is 3.70. The standard InChI is InChI=1S/C14H11BrClF2N/c1-8(11-4-2-9(17)6-13(11)16)19-10-3-5-12(15)14(18)7-10/h2-8,19H,1H3. The van der Waals surface area contributed by atoms with Gasteiger partial charge in [0, 0.05) is 16.8 Å². The van der Waals surface area contributed by atoms with Crippen molar-refractivity contribution in [1.29, 1.82) is 0 Å². The van der Waals surface area contributed by atoms with Gasteiger partial charge in [0.2, 0.25) is 0 Å². The van der Waals surface area contributed by atoms with E-state index in [1.165, 1.54) is 18.2 Å². The first-order chi connectivity index (χ1) is 8.97. The Kier molecular flexibility index (Phi) is 4.42. The van der Waals surface area contributed by atoms with Gasteiger partial charge in [-0.05, 0) is 58.7 Å². The summed E-state index contributed by atoms with van der Waals surface area (Å²) in [5, 5.41) is 3.46. The van der Waals surface area contributed by atoms with Crippen LogP contribution in [-0.2, 0) is 0 Å². The predicted molar refractivity (Wildman–Crippen MR) is 77.5 cm³/mol. The van der Waals surface area contributed by atoms with Crippen molar-refractivity contribution in [3.05, 3.63) is 63.1 Å². The molecule has 100 valence electrons. The van der Waals surface area contributed by atoms with Crippen LogP contribution in [0.4, 0.5) is 14.5 Å². The van der Waals surface area contributed by atoms with E-state index in [-0.39, 0.29) is 17.7 Å². The van der Waals surface area contributed by atoms with Crippen molar-refractivity contribution in [3.63, 3.8) is 0 Å². The average Bonchev–Trinajstić information content (AvgIpc) is 2.33. The molecule has 2 aromatic carbocycles. The van der Waals surface area contributed by atoms with Crippen LogP contribution in [0, 0.1) is 11.6 Å². The van der Waals surface area contributed by atoms with Gasteiger partial charge in [-0.15, -0.1) is 0 Å². The first-order valence-electron chi connectivity index (χ1n) is 5.64. The molecule has 0 aromatic heterocycles. The highest BCUT2D eigenvalue weighted by Gasteiger charge is 2.11. The van der Waals surface area contributed by atoms with Gasteiger partial charge in [0.05, 0.1) is 4.47 Å². The Morgan fingerprint density at radius 2 is 1.89 bits per heavy atom. The van der Waals surface area contributed by atoms with Crippen molar-refractivity contribution in [3.8, 4) is 0 Å². The topological polar surface area (TPSA) is 12.0 Å². The zero-order chi connectivity index (χ0) is 14.0. The Morgan fingerprint density at radius 3 is 2.53 bits per heavy atom. The maximum atomic E-state index is 13.4. The van der Waals surface area contributed by atoms with Gasteiger partial charge in [0.15, 0.2) is 0 Å². The van der Waals surface area contributed by atoms with E-state index in [1.807, 2.05) is 6.92 Å². The van der Waals surface area contributed by atoms with Crippen LogP contribution in [0.3, 0.4) is 0 Å². The maximum Gasteiger partial charge on any atom is 0.139 e. The minimum Gasteiger partial charge on any atom is -0.378 e. The van der Waals surface area contributed by atoms with E-state index in [4.69, 9.17) is 11.6 Å². The van der Waals surface area contributed by atoms with E-state index >= 15 is 0 Å². The van der Waals surface area contributed by atoms with Gasteiger partial charge in [-0.2, -0.15) is 0 Å². The minimum atomic E-state index is -0.379. The first kappa shape index (κ1) is 14.3. The lowest BCUT2D eigenvalue weighted by Crippen LogP contribution is -2.07. The van der Waals surface area contributed by atoms with Crippen LogP contribution in [0.15, 0.2) is 40.9 Å². The Balaban J connectivity index is 2.20. The SMILES string of the molecule is CC(Nc1ccc(Br)c(F)c1)c1ccc(F)cc1Cl. The summed E-state index contributed by atoms with van der Waals surface area (Å²) in [5.41, 5.74) is 1.39. The van der Waals surface area contributed by atoms with E-state index in [0.717, 1.165) is 5.56 Å². The highest BCUT2D eigenvalue weighted by atomic mass is 79.9. The lowest BCUT2D eigenvalue weighted by molar-refractivity contribution is 0.621. The summed E-state index contributed by atoms with van der Waals surface area (Å²) in [7, 11) is 0. The van der Waals surface area contributed by atoms with Crippen LogP contribution in [-0.4, -0.2) is 0 Å². The summed E-state index contributed by atoms with van der Waals surface area (Å²) < 4.78 is 26.8. The number of hydrogen-bond donors (Lipinski definition) is 1. The quantitative estimate of drug-likeness (QED) is 0.768. The number of anilines is 1. The summed E-state index contributed by atoms with van der Waals surface area (Å²) in [6.07, 6.45) is 0. The summed E-state index contributed by atoms with van der Waals surface area (Å²) in [4.78, 5) is 0. The van der Waals surface area contributed by atoms with Crippen molar-refractivity contribution >= 4 is 33.2 Å². The monoisotopic (exact) mass is 345 g/mol. The van der Waals surface area contributed by atoms with Gasteiger partial charge in [0.1, 0.15) is 11.6 Å². The van der Waals surface area contributed by atoms with Crippen LogP contribution in [0.1, 0.15) is 18.5 Å². The second-order valence-corrected chi connectivity index (χ2v) is 5.42. The van der Waals surface area contributed by atoms with Crippen LogP contribution >= 0.6 is 27.5 Å². The van der Waals surface area contributed by atoms with Gasteiger partial charge in [-0.1, -0.05) is 17.7 Å². The van der Waals surface area contributed by atoms with Gasteiger partial charge in [0.25, 0.3) is 0 Å². The lowest BCUT2D eigenvalue weighted by Gasteiger charge is -2.17. The highest BCUT2D eigenvalue weighted by molar-refractivity contribution is 9.10. The summed E-state index contributed by atoms with van der Waals surface area (Å²) >= 11 is 9.08. The molecule has 1 N–H and O–H groups in total. The van der Waals surface area contributed by atoms with Crippen molar-refractivity contribution in [2.75, 3.05) is 5.32 Å². The number of halogens is 4. The summed E-state index contributed by atoms with van der Waals surface area (Å²) in [6, 6.07) is 8.83. The fourth-order valence-corrected chi connectivity index (χ4v) is 2.34. The summed E-state index contributed by atoms with van der Waals surface area (Å²) in [5.74, 6) is -0.724. The molecule has 2 rings (SSSR count). The number of nitrogens with one attached hydrogen (secondary N) is 1. The van der Waals surface area contributed by atoms with E-state index in [2.05, 4.69) is 21.2 Å². The largest absolute Gasteiger partial charge is 0.378 e. The van der Waals surface area contributed by atoms with Crippen LogP contribution in [0.2, 0.25) is 5.02 Å². The Hall–Kier alpha value is -1.13. The Bertz CT molecular complexity index is 604. The molecule has 0 fully saturated rings. The molecule has 1 nitrogen and oxygen atoms in total. The average molecular weight is 347 g/mol. The second-order valence-electron chi connectivity index (χ2n) is 4.16. The molecule has 0 radical (unpaired) electrons. The van der Waals surface area contributed by atoms with Gasteiger partial charge in [-0.3, -0.25) is 0 Å². The van der Waals surface area contributed by atoms with E-state index in [1.54, 1.807) is 18.2 Å². The number of benzene rings is 2. The maximum absolute atomic E-state index is 13.4. The fourth-order valence-electron chi connectivity index (χ4n) is 1.77. The molecular weight excluding hydrogens is 336 g/mol. The molecule has 19 heavy (non-hydrogen) atoms. The first-order valence-corrected chi connectivity index (χ1v) is 6.81. The zero-order valence-electron chi connectivity index (χ0n) is 10.1. The van der Waals surface area contributed by atoms with Crippen LogP contribution < -0.4 is 5.32 Å². The van der Waals surface area contributed by atoms with Gasteiger partial charge in [-0.25, -0.2) is 8.78 Å². The van der Waals surface area contributed by atoms with Crippen LogP contribution in [0.25, 0.3) is 0 Å². The minimum absolute atomic E-state index is 0.159. The molecule has 5 heteroatoms. The van der Waals surface area contributed by atoms with Crippen LogP contribution in [0.5, 0.6) is 0 Å². The van der Waals surface area contributed by atoms with Crippen molar-refractivity contribution < 1.29 is 8.78 Å². The molecule has 0 aliphatic heterocycles. The molecule has 1 atom stereocenters. The molecule has 0 saturated carbocycles. The zero-order valence-corrected chi connectivity index (χ0v) is 12.4. The molecule has 2 aromatic rings. The third-order valence-electron chi connectivity index (χ3n) is 2.73. The highest BCUT2D eigenvalue weighted by Crippen LogP contribution is 2.28. The van der Waals surface area contributed by atoms with E-state index in [9.17, 15) is 8.78 Å². The molecule has 0 bridgehead atoms. The van der Waals surface area contributed by atoms with Crippen molar-refractivity contribution in [1.82, 2.24) is 0 Å². The van der Waals surface area contributed by atoms with Gasteiger partial charge < -0.3 is 5.32 Å².